The summed E-state index contributed by atoms with van der Waals surface area (Å²) in [6, 6.07) is 8.19. The van der Waals surface area contributed by atoms with Gasteiger partial charge in [-0.25, -0.2) is 0 Å². The van der Waals surface area contributed by atoms with Gasteiger partial charge in [0.25, 0.3) is 0 Å². The first kappa shape index (κ1) is 13.1. The number of benzene rings is 1. The predicted molar refractivity (Wildman–Crippen MR) is 78.9 cm³/mol. The molecule has 0 fully saturated rings. The van der Waals surface area contributed by atoms with E-state index in [9.17, 15) is 0 Å². The maximum Gasteiger partial charge on any atom is 0.104 e. The van der Waals surface area contributed by atoms with Crippen LogP contribution in [0.25, 0.3) is 10.9 Å². The third-order valence-electron chi connectivity index (χ3n) is 2.95. The van der Waals surface area contributed by atoms with Crippen LogP contribution in [0.3, 0.4) is 0 Å². The topological polar surface area (TPSA) is 40.2 Å². The van der Waals surface area contributed by atoms with Crippen LogP contribution in [0.5, 0.6) is 0 Å². The third-order valence-corrected chi connectivity index (χ3v) is 3.19. The van der Waals surface area contributed by atoms with E-state index in [0.717, 1.165) is 31.7 Å². The van der Waals surface area contributed by atoms with E-state index in [1.807, 2.05) is 13.0 Å². The van der Waals surface area contributed by atoms with Gasteiger partial charge in [0.15, 0.2) is 0 Å². The molecule has 0 amide bonds. The van der Waals surface area contributed by atoms with Crippen molar-refractivity contribution in [1.82, 2.24) is 4.57 Å². The van der Waals surface area contributed by atoms with Crippen LogP contribution in [-0.4, -0.2) is 22.8 Å². The molecule has 0 bridgehead atoms. The molecule has 3 nitrogen and oxygen atoms in total. The van der Waals surface area contributed by atoms with Gasteiger partial charge in [0.05, 0.1) is 0 Å². The zero-order chi connectivity index (χ0) is 13.0. The van der Waals surface area contributed by atoms with Crippen LogP contribution in [0.1, 0.15) is 18.9 Å². The summed E-state index contributed by atoms with van der Waals surface area (Å²) in [5, 5.41) is 1.21. The molecule has 0 spiro atoms. The highest BCUT2D eigenvalue weighted by molar-refractivity contribution is 7.80. The molecular formula is C14H18N2OS. The monoisotopic (exact) mass is 262 g/mol. The lowest BCUT2D eigenvalue weighted by molar-refractivity contribution is 0.142. The van der Waals surface area contributed by atoms with E-state index in [-0.39, 0.29) is 0 Å². The summed E-state index contributed by atoms with van der Waals surface area (Å²) < 4.78 is 7.57. The van der Waals surface area contributed by atoms with Crippen molar-refractivity contribution in [2.24, 2.45) is 5.73 Å². The van der Waals surface area contributed by atoms with Crippen molar-refractivity contribution in [3.63, 3.8) is 0 Å². The van der Waals surface area contributed by atoms with Crippen molar-refractivity contribution < 1.29 is 4.74 Å². The van der Waals surface area contributed by atoms with Crippen LogP contribution < -0.4 is 5.73 Å². The number of aryl methyl sites for hydroxylation is 1. The average molecular weight is 262 g/mol. The molecule has 0 saturated heterocycles. The fourth-order valence-electron chi connectivity index (χ4n) is 2.01. The number of hydrogen-bond acceptors (Lipinski definition) is 2. The Balaban J connectivity index is 2.17. The van der Waals surface area contributed by atoms with Crippen molar-refractivity contribution in [2.45, 2.75) is 19.9 Å². The largest absolute Gasteiger partial charge is 0.389 e. The number of ether oxygens (including phenoxy) is 1. The lowest BCUT2D eigenvalue weighted by Gasteiger charge is -2.06. The fraction of sp³-hybridized carbons (Fsp3) is 0.357. The van der Waals surface area contributed by atoms with E-state index in [1.165, 1.54) is 10.9 Å². The molecular weight excluding hydrogens is 244 g/mol. The van der Waals surface area contributed by atoms with Gasteiger partial charge in [0, 0.05) is 37.0 Å². The van der Waals surface area contributed by atoms with Crippen LogP contribution in [0.15, 0.2) is 30.5 Å². The molecule has 2 aromatic rings. The Bertz CT molecular complexity index is 548. The van der Waals surface area contributed by atoms with E-state index in [4.69, 9.17) is 22.7 Å². The Morgan fingerprint density at radius 2 is 2.22 bits per heavy atom. The quantitative estimate of drug-likeness (QED) is 0.643. The maximum atomic E-state index is 5.67. The number of nitrogens with zero attached hydrogens (tertiary/aromatic N) is 1. The minimum atomic E-state index is 0.443. The van der Waals surface area contributed by atoms with Crippen LogP contribution >= 0.6 is 12.2 Å². The Labute approximate surface area is 113 Å². The standard InChI is InChI=1S/C14H18N2OS/c1-2-17-9-3-7-16-8-6-11-4-5-12(14(15)18)10-13(11)16/h4-6,8,10H,2-3,7,9H2,1H3,(H2,15,18). The summed E-state index contributed by atoms with van der Waals surface area (Å²) in [6.07, 6.45) is 3.11. The molecule has 2 rings (SSSR count). The van der Waals surface area contributed by atoms with E-state index >= 15 is 0 Å². The Hall–Kier alpha value is -1.39. The van der Waals surface area contributed by atoms with Gasteiger partial charge in [-0.3, -0.25) is 0 Å². The first-order chi connectivity index (χ1) is 8.72. The fourth-order valence-corrected chi connectivity index (χ4v) is 2.14. The number of rotatable bonds is 6. The highest BCUT2D eigenvalue weighted by atomic mass is 32.1. The number of fused-ring (bicyclic) bond motifs is 1. The normalized spacial score (nSPS) is 10.9. The smallest absolute Gasteiger partial charge is 0.104 e. The van der Waals surface area contributed by atoms with E-state index in [2.05, 4.69) is 29.0 Å². The molecule has 0 aliphatic carbocycles. The number of aromatic nitrogens is 1. The molecule has 1 aromatic carbocycles. The number of thiocarbonyl (C=S) groups is 1. The first-order valence-corrected chi connectivity index (χ1v) is 6.59. The number of nitrogens with two attached hydrogens (primary N) is 1. The highest BCUT2D eigenvalue weighted by Crippen LogP contribution is 2.18. The van der Waals surface area contributed by atoms with Gasteiger partial charge in [-0.05, 0) is 30.9 Å². The van der Waals surface area contributed by atoms with Crippen LogP contribution in [-0.2, 0) is 11.3 Å². The molecule has 1 aromatic heterocycles. The van der Waals surface area contributed by atoms with Crippen LogP contribution in [0, 0.1) is 0 Å². The molecule has 0 atom stereocenters. The highest BCUT2D eigenvalue weighted by Gasteiger charge is 2.03. The molecule has 0 unspecified atom stereocenters. The van der Waals surface area contributed by atoms with E-state index in [1.54, 1.807) is 0 Å². The van der Waals surface area contributed by atoms with Gasteiger partial charge in [0.2, 0.25) is 0 Å². The Morgan fingerprint density at radius 3 is 2.94 bits per heavy atom. The minimum Gasteiger partial charge on any atom is -0.389 e. The second kappa shape index (κ2) is 5.98. The zero-order valence-corrected chi connectivity index (χ0v) is 11.4. The predicted octanol–water partition coefficient (Wildman–Crippen LogP) is 2.70. The summed E-state index contributed by atoms with van der Waals surface area (Å²) in [5.41, 5.74) is 7.76. The Morgan fingerprint density at radius 1 is 1.39 bits per heavy atom. The van der Waals surface area contributed by atoms with Gasteiger partial charge in [-0.2, -0.15) is 0 Å². The first-order valence-electron chi connectivity index (χ1n) is 6.19. The summed E-state index contributed by atoms with van der Waals surface area (Å²) in [6.45, 7) is 4.53. The molecule has 0 aliphatic rings. The van der Waals surface area contributed by atoms with Crippen molar-refractivity contribution in [2.75, 3.05) is 13.2 Å². The average Bonchev–Trinajstić information content (AvgIpc) is 2.77. The Kier molecular flexibility index (Phi) is 4.33. The SMILES string of the molecule is CCOCCCn1ccc2ccc(C(N)=S)cc21. The van der Waals surface area contributed by atoms with Crippen molar-refractivity contribution in [3.8, 4) is 0 Å². The molecule has 96 valence electrons. The second-order valence-electron chi connectivity index (χ2n) is 4.20. The minimum absolute atomic E-state index is 0.443. The summed E-state index contributed by atoms with van der Waals surface area (Å²) >= 11 is 5.01. The van der Waals surface area contributed by atoms with Crippen molar-refractivity contribution >= 4 is 28.1 Å². The van der Waals surface area contributed by atoms with Crippen LogP contribution in [0.4, 0.5) is 0 Å². The van der Waals surface area contributed by atoms with Gasteiger partial charge < -0.3 is 15.0 Å². The van der Waals surface area contributed by atoms with Gasteiger partial charge >= 0.3 is 0 Å². The molecule has 0 radical (unpaired) electrons. The maximum absolute atomic E-state index is 5.67. The van der Waals surface area contributed by atoms with Gasteiger partial charge in [-0.1, -0.05) is 24.4 Å². The second-order valence-corrected chi connectivity index (χ2v) is 4.64. The molecule has 0 aliphatic heterocycles. The lowest BCUT2D eigenvalue weighted by atomic mass is 10.1. The van der Waals surface area contributed by atoms with Crippen LogP contribution in [0.2, 0.25) is 0 Å². The lowest BCUT2D eigenvalue weighted by Crippen LogP contribution is -2.09. The van der Waals surface area contributed by atoms with Gasteiger partial charge in [-0.15, -0.1) is 0 Å². The van der Waals surface area contributed by atoms with Gasteiger partial charge in [0.1, 0.15) is 4.99 Å². The summed E-state index contributed by atoms with van der Waals surface area (Å²) in [7, 11) is 0. The number of hydrogen-bond donors (Lipinski definition) is 1. The van der Waals surface area contributed by atoms with Crippen molar-refractivity contribution in [1.29, 1.82) is 0 Å². The molecule has 2 N–H and O–H groups in total. The molecule has 18 heavy (non-hydrogen) atoms. The molecule has 1 heterocycles. The third kappa shape index (κ3) is 2.89. The van der Waals surface area contributed by atoms with Crippen molar-refractivity contribution in [3.05, 3.63) is 36.0 Å². The molecule has 4 heteroatoms. The zero-order valence-electron chi connectivity index (χ0n) is 10.6. The summed E-state index contributed by atoms with van der Waals surface area (Å²) in [5.74, 6) is 0. The van der Waals surface area contributed by atoms with E-state index < -0.39 is 0 Å². The van der Waals surface area contributed by atoms with E-state index in [0.29, 0.717) is 4.99 Å². The summed E-state index contributed by atoms with van der Waals surface area (Å²) in [4.78, 5) is 0.443. The molecule has 0 saturated carbocycles.